The van der Waals surface area contributed by atoms with Crippen molar-refractivity contribution in [3.05, 3.63) is 72.3 Å². The Hall–Kier alpha value is -3.09. The zero-order valence-corrected chi connectivity index (χ0v) is 26.4. The van der Waals surface area contributed by atoms with E-state index in [1.54, 1.807) is 0 Å². The number of nitrogens with zero attached hydrogens (tertiary/aromatic N) is 1. The lowest BCUT2D eigenvalue weighted by atomic mass is 10.0. The lowest BCUT2D eigenvalue weighted by Crippen LogP contribution is -2.15. The van der Waals surface area contributed by atoms with Gasteiger partial charge in [-0.3, -0.25) is 9.59 Å². The molecule has 4 heterocycles. The molecule has 6 nitrogen and oxygen atoms in total. The summed E-state index contributed by atoms with van der Waals surface area (Å²) < 4.78 is 0. The van der Waals surface area contributed by atoms with E-state index >= 15 is 0 Å². The first kappa shape index (κ1) is 30.9. The van der Waals surface area contributed by atoms with Gasteiger partial charge in [-0.25, -0.2) is 4.99 Å². The van der Waals surface area contributed by atoms with Crippen LogP contribution < -0.4 is 16.0 Å². The summed E-state index contributed by atoms with van der Waals surface area (Å²) in [5, 5.41) is 4.98. The molecule has 218 valence electrons. The number of carbonyl (C=O) groups excluding carboxylic acids is 2. The molecular weight excluding hydrogens is 555 g/mol. The Balaban J connectivity index is 1.88. The fourth-order valence-electron chi connectivity index (χ4n) is 5.81. The number of hydrogen-bond donors (Lipinski definition) is 3. The molecular formula is C33H40Cl2N4O2. The van der Waals surface area contributed by atoms with Crippen molar-refractivity contribution in [3.63, 3.8) is 0 Å². The molecule has 0 saturated heterocycles. The molecule has 0 fully saturated rings. The molecule has 3 N–H and O–H groups in total. The number of amides is 2. The van der Waals surface area contributed by atoms with Gasteiger partial charge in [-0.2, -0.15) is 0 Å². The molecule has 8 heteroatoms. The lowest BCUT2D eigenvalue weighted by molar-refractivity contribution is -0.116. The van der Waals surface area contributed by atoms with Crippen molar-refractivity contribution in [2.24, 2.45) is 4.99 Å². The molecule has 2 aromatic rings. The summed E-state index contributed by atoms with van der Waals surface area (Å²) >= 11 is 12.2. The van der Waals surface area contributed by atoms with Crippen molar-refractivity contribution in [3.8, 4) is 0 Å². The van der Waals surface area contributed by atoms with Crippen LogP contribution in [0.5, 0.6) is 0 Å². The standard InChI is InChI=1S/C33H40Cl2N4O2/c1-7-22-20(5)32(40)38-28(22)15-26-18(3)24(11-9-13-34)30(36-26)17-31-25(12-10-14-35)19(4)27(37-31)16-29-23(8-2)21(6)33(41)39-29/h15-17,36-37H,7-14H2,1-6H3,(H,38,40)/b27-16-,28-15-,31-17-. The third-order valence-corrected chi connectivity index (χ3v) is 8.79. The average molecular weight is 596 g/mol. The Labute approximate surface area is 252 Å². The van der Waals surface area contributed by atoms with Crippen LogP contribution in [0.2, 0.25) is 0 Å². The minimum absolute atomic E-state index is 0.0362. The third-order valence-electron chi connectivity index (χ3n) is 8.26. The maximum atomic E-state index is 12.4. The van der Waals surface area contributed by atoms with E-state index in [4.69, 9.17) is 23.2 Å². The molecule has 4 rings (SSSR count). The SMILES string of the molecule is CCC1=C(C)C(=O)N=C1/C=c1\[nH]/c(=C\c2[nH]c(/C=C3\NC(=O)C(C)=C3CC)c(C)c2CCCCl)c(CCCCl)c1C. The van der Waals surface area contributed by atoms with E-state index in [2.05, 4.69) is 47.1 Å². The Morgan fingerprint density at radius 1 is 0.732 bits per heavy atom. The lowest BCUT2D eigenvalue weighted by Gasteiger charge is -2.04. The summed E-state index contributed by atoms with van der Waals surface area (Å²) in [7, 11) is 0. The number of aromatic amines is 2. The molecule has 0 atom stereocenters. The van der Waals surface area contributed by atoms with Gasteiger partial charge in [0.25, 0.3) is 11.8 Å². The van der Waals surface area contributed by atoms with Gasteiger partial charge in [0.1, 0.15) is 0 Å². The van der Waals surface area contributed by atoms with Crippen LogP contribution in [0, 0.1) is 13.8 Å². The second-order valence-corrected chi connectivity index (χ2v) is 11.5. The topological polar surface area (TPSA) is 90.1 Å². The number of H-pyrrole nitrogens is 2. The third kappa shape index (κ3) is 6.24. The maximum Gasteiger partial charge on any atom is 0.273 e. The molecule has 2 aliphatic rings. The van der Waals surface area contributed by atoms with E-state index in [9.17, 15) is 9.59 Å². The normalized spacial score (nSPS) is 17.7. The van der Waals surface area contributed by atoms with Gasteiger partial charge in [-0.1, -0.05) is 13.8 Å². The highest BCUT2D eigenvalue weighted by atomic mass is 35.5. The molecule has 2 aromatic heterocycles. The van der Waals surface area contributed by atoms with E-state index in [1.165, 1.54) is 11.1 Å². The summed E-state index contributed by atoms with van der Waals surface area (Å²) in [6, 6.07) is 0. The van der Waals surface area contributed by atoms with Crippen LogP contribution in [-0.4, -0.2) is 39.3 Å². The minimum atomic E-state index is -0.159. The molecule has 2 aliphatic heterocycles. The fourth-order valence-corrected chi connectivity index (χ4v) is 6.07. The quantitative estimate of drug-likeness (QED) is 0.286. The predicted octanol–water partition coefficient (Wildman–Crippen LogP) is 5.82. The van der Waals surface area contributed by atoms with Gasteiger partial charge in [0.2, 0.25) is 0 Å². The van der Waals surface area contributed by atoms with Crippen LogP contribution in [-0.2, 0) is 22.4 Å². The second-order valence-electron chi connectivity index (χ2n) is 10.7. The molecule has 2 amide bonds. The minimum Gasteiger partial charge on any atom is -0.355 e. The van der Waals surface area contributed by atoms with E-state index in [-0.39, 0.29) is 11.8 Å². The van der Waals surface area contributed by atoms with Crippen molar-refractivity contribution >= 4 is 59.0 Å². The first-order valence-corrected chi connectivity index (χ1v) is 15.5. The van der Waals surface area contributed by atoms with Gasteiger partial charge < -0.3 is 15.3 Å². The van der Waals surface area contributed by atoms with Crippen LogP contribution in [0.3, 0.4) is 0 Å². The molecule has 0 spiro atoms. The van der Waals surface area contributed by atoms with Gasteiger partial charge in [-0.05, 0) is 118 Å². The molecule has 0 aromatic carbocycles. The predicted molar refractivity (Wildman–Crippen MR) is 171 cm³/mol. The largest absolute Gasteiger partial charge is 0.355 e. The Morgan fingerprint density at radius 2 is 1.39 bits per heavy atom. The number of nitrogens with one attached hydrogen (secondary N) is 3. The Bertz CT molecular complexity index is 1630. The number of allylic oxidation sites excluding steroid dienone is 2. The van der Waals surface area contributed by atoms with E-state index in [1.807, 2.05) is 32.9 Å². The van der Waals surface area contributed by atoms with E-state index < -0.39 is 0 Å². The van der Waals surface area contributed by atoms with E-state index in [0.717, 1.165) is 105 Å². The Morgan fingerprint density at radius 3 is 2.02 bits per heavy atom. The molecule has 0 saturated carbocycles. The second kappa shape index (κ2) is 13.3. The number of halogens is 2. The first-order chi connectivity index (χ1) is 19.6. The fraction of sp³-hybridized carbons (Fsp3) is 0.424. The van der Waals surface area contributed by atoms with Crippen LogP contribution >= 0.6 is 23.2 Å². The highest BCUT2D eigenvalue weighted by Gasteiger charge is 2.24. The van der Waals surface area contributed by atoms with Crippen LogP contribution in [0.1, 0.15) is 87.0 Å². The molecule has 0 aliphatic carbocycles. The van der Waals surface area contributed by atoms with Crippen LogP contribution in [0.4, 0.5) is 0 Å². The summed E-state index contributed by atoms with van der Waals surface area (Å²) in [4.78, 5) is 36.2. The number of hydrogen-bond acceptors (Lipinski definition) is 2. The van der Waals surface area contributed by atoms with E-state index in [0.29, 0.717) is 11.8 Å². The van der Waals surface area contributed by atoms with Gasteiger partial charge in [-0.15, -0.1) is 23.2 Å². The zero-order chi connectivity index (χ0) is 29.8. The van der Waals surface area contributed by atoms with Gasteiger partial charge >= 0.3 is 0 Å². The zero-order valence-electron chi connectivity index (χ0n) is 24.9. The van der Waals surface area contributed by atoms with Crippen LogP contribution in [0.25, 0.3) is 18.2 Å². The smallest absolute Gasteiger partial charge is 0.273 e. The molecule has 0 radical (unpaired) electrons. The first-order valence-electron chi connectivity index (χ1n) is 14.5. The van der Waals surface area contributed by atoms with Gasteiger partial charge in [0.05, 0.1) is 5.71 Å². The summed E-state index contributed by atoms with van der Waals surface area (Å²) in [6.07, 6.45) is 11.1. The summed E-state index contributed by atoms with van der Waals surface area (Å²) in [6.45, 7) is 12.1. The van der Waals surface area contributed by atoms with Crippen molar-refractivity contribution in [2.75, 3.05) is 11.8 Å². The number of alkyl halides is 2. The highest BCUT2D eigenvalue weighted by molar-refractivity contribution is 6.30. The van der Waals surface area contributed by atoms with Crippen molar-refractivity contribution < 1.29 is 9.59 Å². The van der Waals surface area contributed by atoms with Crippen molar-refractivity contribution in [1.29, 1.82) is 0 Å². The molecule has 41 heavy (non-hydrogen) atoms. The van der Waals surface area contributed by atoms with Gasteiger partial charge in [0, 0.05) is 50.7 Å². The number of carbonyl (C=O) groups is 2. The number of aromatic nitrogens is 2. The molecule has 0 bridgehead atoms. The number of aliphatic imine (C=N–C) groups is 1. The molecule has 0 unspecified atom stereocenters. The maximum absolute atomic E-state index is 12.4. The van der Waals surface area contributed by atoms with Gasteiger partial charge in [0.15, 0.2) is 0 Å². The monoisotopic (exact) mass is 594 g/mol. The van der Waals surface area contributed by atoms with Crippen molar-refractivity contribution in [1.82, 2.24) is 15.3 Å². The van der Waals surface area contributed by atoms with Crippen molar-refractivity contribution in [2.45, 2.75) is 80.1 Å². The summed E-state index contributed by atoms with van der Waals surface area (Å²) in [5.74, 6) is 0.956. The highest BCUT2D eigenvalue weighted by Crippen LogP contribution is 2.28. The van der Waals surface area contributed by atoms with Crippen LogP contribution in [0.15, 0.2) is 33.0 Å². The Kier molecular flexibility index (Phi) is 9.98. The summed E-state index contributed by atoms with van der Waals surface area (Å²) in [5.41, 5.74) is 11.8. The average Bonchev–Trinajstić information content (AvgIpc) is 3.59. The number of rotatable bonds is 11.